The van der Waals surface area contributed by atoms with Gasteiger partial charge in [-0.3, -0.25) is 0 Å². The topological polar surface area (TPSA) is 26.0 Å². The summed E-state index contributed by atoms with van der Waals surface area (Å²) in [4.78, 5) is 0. The van der Waals surface area contributed by atoms with Crippen molar-refractivity contribution in [1.29, 1.82) is 0 Å². The Bertz CT molecular complexity index is 356. The molecule has 1 aromatic rings. The number of halogens is 4. The van der Waals surface area contributed by atoms with Gasteiger partial charge < -0.3 is 5.73 Å². The second kappa shape index (κ2) is 5.87. The summed E-state index contributed by atoms with van der Waals surface area (Å²) in [5.74, 6) is 0. The molecular weight excluding hydrogens is 295 g/mol. The molecule has 2 N–H and O–H groups in total. The quantitative estimate of drug-likeness (QED) is 0.871. The summed E-state index contributed by atoms with van der Waals surface area (Å²) in [6, 6.07) is 5.36. The predicted octanol–water partition coefficient (Wildman–Crippen LogP) is 4.49. The molecule has 0 radical (unpaired) electrons. The third-order valence-corrected chi connectivity index (χ3v) is 2.93. The van der Waals surface area contributed by atoms with Crippen LogP contribution in [0.15, 0.2) is 22.7 Å². The highest BCUT2D eigenvalue weighted by molar-refractivity contribution is 9.10. The molecule has 1 aromatic carbocycles. The largest absolute Gasteiger partial charge is 0.389 e. The molecule has 1 unspecified atom stereocenters. The molecule has 0 saturated heterocycles. The fourth-order valence-electron chi connectivity index (χ4n) is 1.67. The van der Waals surface area contributed by atoms with Gasteiger partial charge in [0.2, 0.25) is 0 Å². The number of nitrogens with two attached hydrogens (primary N) is 1. The van der Waals surface area contributed by atoms with Crippen LogP contribution in [0.2, 0.25) is 0 Å². The summed E-state index contributed by atoms with van der Waals surface area (Å²) < 4.78 is 36.9. The summed E-state index contributed by atoms with van der Waals surface area (Å²) in [6.45, 7) is 1.93. The Kier molecular flexibility index (Phi) is 5.01. The van der Waals surface area contributed by atoms with Crippen LogP contribution in [0, 0.1) is 6.92 Å². The van der Waals surface area contributed by atoms with Crippen LogP contribution in [0.5, 0.6) is 0 Å². The standard InChI is InChI=1S/C12H15BrF3N/c1-8-5-9(7-10(13)6-8)11(17)3-2-4-12(14,15)16/h5-7,11H,2-4,17H2,1H3. The first-order valence-electron chi connectivity index (χ1n) is 5.37. The van der Waals surface area contributed by atoms with Crippen LogP contribution < -0.4 is 5.73 Å². The molecule has 0 bridgehead atoms. The van der Waals surface area contributed by atoms with Gasteiger partial charge in [-0.05, 0) is 43.0 Å². The van der Waals surface area contributed by atoms with Gasteiger partial charge >= 0.3 is 6.18 Å². The Morgan fingerprint density at radius 3 is 2.47 bits per heavy atom. The minimum Gasteiger partial charge on any atom is -0.324 e. The van der Waals surface area contributed by atoms with E-state index >= 15 is 0 Å². The van der Waals surface area contributed by atoms with Crippen molar-refractivity contribution >= 4 is 15.9 Å². The minimum absolute atomic E-state index is 0.0657. The first-order chi connectivity index (χ1) is 7.78. The molecule has 17 heavy (non-hydrogen) atoms. The van der Waals surface area contributed by atoms with Crippen molar-refractivity contribution in [2.45, 2.75) is 38.4 Å². The van der Waals surface area contributed by atoms with Crippen molar-refractivity contribution in [2.24, 2.45) is 5.73 Å². The zero-order chi connectivity index (χ0) is 13.1. The van der Waals surface area contributed by atoms with Crippen LogP contribution in [0.3, 0.4) is 0 Å². The van der Waals surface area contributed by atoms with Crippen LogP contribution in [0.25, 0.3) is 0 Å². The Hall–Kier alpha value is -0.550. The van der Waals surface area contributed by atoms with Crippen LogP contribution in [0.4, 0.5) is 13.2 Å². The van der Waals surface area contributed by atoms with Gasteiger partial charge in [0.1, 0.15) is 0 Å². The maximum atomic E-state index is 12.0. The summed E-state index contributed by atoms with van der Waals surface area (Å²) >= 11 is 3.35. The first kappa shape index (κ1) is 14.5. The van der Waals surface area contributed by atoms with E-state index in [0.717, 1.165) is 15.6 Å². The molecule has 0 amide bonds. The fraction of sp³-hybridized carbons (Fsp3) is 0.500. The molecular formula is C12H15BrF3N. The Morgan fingerprint density at radius 1 is 1.29 bits per heavy atom. The van der Waals surface area contributed by atoms with Gasteiger partial charge in [0.25, 0.3) is 0 Å². The maximum Gasteiger partial charge on any atom is 0.389 e. The zero-order valence-corrected chi connectivity index (χ0v) is 11.1. The third kappa shape index (κ3) is 5.55. The Balaban J connectivity index is 2.55. The minimum atomic E-state index is -4.09. The van der Waals surface area contributed by atoms with E-state index in [0.29, 0.717) is 6.42 Å². The number of alkyl halides is 3. The number of benzene rings is 1. The van der Waals surface area contributed by atoms with Crippen LogP contribution in [-0.2, 0) is 0 Å². The van der Waals surface area contributed by atoms with E-state index in [1.165, 1.54) is 0 Å². The molecule has 0 fully saturated rings. The van der Waals surface area contributed by atoms with E-state index in [9.17, 15) is 13.2 Å². The predicted molar refractivity (Wildman–Crippen MR) is 65.7 cm³/mol. The molecule has 1 nitrogen and oxygen atoms in total. The van der Waals surface area contributed by atoms with E-state index in [-0.39, 0.29) is 12.5 Å². The maximum absolute atomic E-state index is 12.0. The second-order valence-corrected chi connectivity index (χ2v) is 5.09. The van der Waals surface area contributed by atoms with E-state index in [4.69, 9.17) is 5.73 Å². The molecule has 1 atom stereocenters. The van der Waals surface area contributed by atoms with Crippen LogP contribution in [0.1, 0.15) is 36.4 Å². The molecule has 0 aromatic heterocycles. The number of hydrogen-bond acceptors (Lipinski definition) is 1. The number of aryl methyl sites for hydroxylation is 1. The second-order valence-electron chi connectivity index (χ2n) is 4.18. The lowest BCUT2D eigenvalue weighted by molar-refractivity contribution is -0.135. The van der Waals surface area contributed by atoms with Gasteiger partial charge in [-0.2, -0.15) is 13.2 Å². The highest BCUT2D eigenvalue weighted by Gasteiger charge is 2.26. The highest BCUT2D eigenvalue weighted by atomic mass is 79.9. The molecule has 5 heteroatoms. The van der Waals surface area contributed by atoms with Crippen molar-refractivity contribution < 1.29 is 13.2 Å². The van der Waals surface area contributed by atoms with E-state index in [1.807, 2.05) is 25.1 Å². The smallest absolute Gasteiger partial charge is 0.324 e. The number of hydrogen-bond donors (Lipinski definition) is 1. The molecule has 0 spiro atoms. The summed E-state index contributed by atoms with van der Waals surface area (Å²) in [7, 11) is 0. The molecule has 0 aliphatic heterocycles. The molecule has 0 aliphatic rings. The lowest BCUT2D eigenvalue weighted by Gasteiger charge is -2.14. The van der Waals surface area contributed by atoms with Gasteiger partial charge in [-0.25, -0.2) is 0 Å². The van der Waals surface area contributed by atoms with Crippen LogP contribution >= 0.6 is 15.9 Å². The first-order valence-corrected chi connectivity index (χ1v) is 6.16. The van der Waals surface area contributed by atoms with Crippen molar-refractivity contribution in [3.8, 4) is 0 Å². The molecule has 0 aliphatic carbocycles. The SMILES string of the molecule is Cc1cc(Br)cc(C(N)CCCC(F)(F)F)c1. The van der Waals surface area contributed by atoms with Crippen molar-refractivity contribution in [3.05, 3.63) is 33.8 Å². The summed E-state index contributed by atoms with van der Waals surface area (Å²) in [5.41, 5.74) is 7.79. The fourth-order valence-corrected chi connectivity index (χ4v) is 2.29. The van der Waals surface area contributed by atoms with E-state index in [1.54, 1.807) is 0 Å². The van der Waals surface area contributed by atoms with E-state index in [2.05, 4.69) is 15.9 Å². The van der Waals surface area contributed by atoms with Gasteiger partial charge in [-0.15, -0.1) is 0 Å². The van der Waals surface area contributed by atoms with Gasteiger partial charge in [0, 0.05) is 16.9 Å². The van der Waals surface area contributed by atoms with E-state index < -0.39 is 12.6 Å². The normalized spacial score (nSPS) is 13.8. The zero-order valence-electron chi connectivity index (χ0n) is 9.52. The molecule has 0 saturated carbocycles. The summed E-state index contributed by atoms with van der Waals surface area (Å²) in [6.07, 6.45) is -4.45. The molecule has 1 rings (SSSR count). The third-order valence-electron chi connectivity index (χ3n) is 2.47. The van der Waals surface area contributed by atoms with Gasteiger partial charge in [-0.1, -0.05) is 22.0 Å². The van der Waals surface area contributed by atoms with Crippen LogP contribution in [-0.4, -0.2) is 6.18 Å². The molecule has 96 valence electrons. The van der Waals surface area contributed by atoms with Gasteiger partial charge in [0.15, 0.2) is 0 Å². The Labute approximate surface area is 107 Å². The molecule has 0 heterocycles. The van der Waals surface area contributed by atoms with Crippen molar-refractivity contribution in [2.75, 3.05) is 0 Å². The number of rotatable bonds is 4. The van der Waals surface area contributed by atoms with Crippen molar-refractivity contribution in [1.82, 2.24) is 0 Å². The lowest BCUT2D eigenvalue weighted by atomic mass is 10.0. The average Bonchev–Trinajstić information content (AvgIpc) is 2.13. The van der Waals surface area contributed by atoms with Gasteiger partial charge in [0.05, 0.1) is 0 Å². The lowest BCUT2D eigenvalue weighted by Crippen LogP contribution is -2.13. The monoisotopic (exact) mass is 309 g/mol. The highest BCUT2D eigenvalue weighted by Crippen LogP contribution is 2.26. The average molecular weight is 310 g/mol. The van der Waals surface area contributed by atoms with Crippen molar-refractivity contribution in [3.63, 3.8) is 0 Å². The summed E-state index contributed by atoms with van der Waals surface area (Å²) in [5, 5.41) is 0. The Morgan fingerprint density at radius 2 is 1.94 bits per heavy atom.